The Hall–Kier alpha value is -2.36. The van der Waals surface area contributed by atoms with Gasteiger partial charge in [0.25, 0.3) is 0 Å². The Morgan fingerprint density at radius 2 is 2.33 bits per heavy atom. The minimum absolute atomic E-state index is 0.0879. The van der Waals surface area contributed by atoms with Crippen LogP contribution >= 0.6 is 0 Å². The van der Waals surface area contributed by atoms with Gasteiger partial charge in [0.2, 0.25) is 5.76 Å². The van der Waals surface area contributed by atoms with E-state index in [1.165, 1.54) is 6.92 Å². The average molecular weight is 252 g/mol. The van der Waals surface area contributed by atoms with E-state index in [0.29, 0.717) is 6.61 Å². The molecule has 0 saturated heterocycles. The summed E-state index contributed by atoms with van der Waals surface area (Å²) in [4.78, 5) is 22.9. The Morgan fingerprint density at radius 1 is 1.61 bits per heavy atom. The molecule has 1 unspecified atom stereocenters. The number of nitrogens with zero attached hydrogens (tertiary/aromatic N) is 1. The summed E-state index contributed by atoms with van der Waals surface area (Å²) in [6.45, 7) is 1.34. The normalized spacial score (nSPS) is 15.2. The van der Waals surface area contributed by atoms with Crippen molar-refractivity contribution in [3.05, 3.63) is 12.0 Å². The van der Waals surface area contributed by atoms with Gasteiger partial charge in [-0.15, -0.1) is 0 Å². The standard InChI is InChI=1S/C11H12N2O5/c1-7(13)8(4-12)9(14)5-18-11(15)10-6-16-2-3-17-10/h6,8,13H,2-3,5H2,1H3. The molecule has 7 nitrogen and oxygen atoms in total. The topological polar surface area (TPSA) is 109 Å². The zero-order chi connectivity index (χ0) is 13.5. The first-order chi connectivity index (χ1) is 8.56. The van der Waals surface area contributed by atoms with Crippen LogP contribution in [-0.4, -0.2) is 37.3 Å². The highest BCUT2D eigenvalue weighted by Crippen LogP contribution is 2.07. The molecule has 0 saturated carbocycles. The number of esters is 1. The molecule has 0 bridgehead atoms. The van der Waals surface area contributed by atoms with Gasteiger partial charge in [0.15, 0.2) is 12.4 Å². The van der Waals surface area contributed by atoms with Crippen LogP contribution in [0.3, 0.4) is 0 Å². The Labute approximate surface area is 103 Å². The Morgan fingerprint density at radius 3 is 2.83 bits per heavy atom. The van der Waals surface area contributed by atoms with Crippen LogP contribution in [0.1, 0.15) is 6.92 Å². The van der Waals surface area contributed by atoms with Crippen LogP contribution in [0.25, 0.3) is 0 Å². The molecule has 0 aromatic rings. The molecule has 7 heteroatoms. The highest BCUT2D eigenvalue weighted by atomic mass is 16.6. The summed E-state index contributed by atoms with van der Waals surface area (Å²) in [6, 6.07) is 1.67. The maximum Gasteiger partial charge on any atom is 0.377 e. The third-order valence-electron chi connectivity index (χ3n) is 2.08. The molecule has 0 aromatic carbocycles. The highest BCUT2D eigenvalue weighted by Gasteiger charge is 2.23. The van der Waals surface area contributed by atoms with Gasteiger partial charge in [0.1, 0.15) is 25.4 Å². The lowest BCUT2D eigenvalue weighted by atomic mass is 10.0. The summed E-state index contributed by atoms with van der Waals surface area (Å²) in [5.41, 5.74) is -0.0879. The number of nitrogens with one attached hydrogen (secondary N) is 1. The molecular weight excluding hydrogens is 240 g/mol. The van der Waals surface area contributed by atoms with Gasteiger partial charge in [0.05, 0.1) is 6.07 Å². The predicted octanol–water partition coefficient (Wildman–Crippen LogP) is 0.166. The minimum Gasteiger partial charge on any atom is -0.493 e. The van der Waals surface area contributed by atoms with Gasteiger partial charge in [-0.05, 0) is 6.92 Å². The summed E-state index contributed by atoms with van der Waals surface area (Å²) in [6.07, 6.45) is 1.11. The van der Waals surface area contributed by atoms with Crippen molar-refractivity contribution < 1.29 is 23.8 Å². The first-order valence-corrected chi connectivity index (χ1v) is 5.15. The quantitative estimate of drug-likeness (QED) is 0.551. The number of hydrogen-bond acceptors (Lipinski definition) is 7. The maximum absolute atomic E-state index is 11.5. The zero-order valence-electron chi connectivity index (χ0n) is 9.76. The van der Waals surface area contributed by atoms with E-state index in [2.05, 4.69) is 4.74 Å². The fourth-order valence-corrected chi connectivity index (χ4v) is 1.18. The van der Waals surface area contributed by atoms with Crippen LogP contribution in [0, 0.1) is 22.7 Å². The molecule has 0 aromatic heterocycles. The van der Waals surface area contributed by atoms with Crippen LogP contribution < -0.4 is 0 Å². The average Bonchev–Trinajstić information content (AvgIpc) is 2.37. The van der Waals surface area contributed by atoms with Crippen molar-refractivity contribution in [2.45, 2.75) is 6.92 Å². The molecule has 0 spiro atoms. The largest absolute Gasteiger partial charge is 0.493 e. The van der Waals surface area contributed by atoms with Crippen molar-refractivity contribution in [3.8, 4) is 6.07 Å². The fraction of sp³-hybridized carbons (Fsp3) is 0.455. The van der Waals surface area contributed by atoms with Crippen LogP contribution in [0.5, 0.6) is 0 Å². The lowest BCUT2D eigenvalue weighted by Crippen LogP contribution is -2.27. The molecule has 0 aliphatic carbocycles. The summed E-state index contributed by atoms with van der Waals surface area (Å²) >= 11 is 0. The van der Waals surface area contributed by atoms with E-state index in [1.807, 2.05) is 0 Å². The molecule has 0 amide bonds. The van der Waals surface area contributed by atoms with E-state index in [0.717, 1.165) is 6.26 Å². The molecule has 1 atom stereocenters. The van der Waals surface area contributed by atoms with Gasteiger partial charge >= 0.3 is 5.97 Å². The number of carbonyl (C=O) groups excluding carboxylic acids is 2. The second-order valence-corrected chi connectivity index (χ2v) is 3.49. The number of carbonyl (C=O) groups is 2. The van der Waals surface area contributed by atoms with E-state index >= 15 is 0 Å². The minimum atomic E-state index is -1.18. The van der Waals surface area contributed by atoms with Gasteiger partial charge in [-0.25, -0.2) is 4.79 Å². The SMILES string of the molecule is CC(=N)C(C#N)C(=O)COC(=O)C1=COCCO1. The summed E-state index contributed by atoms with van der Waals surface area (Å²) < 4.78 is 14.5. The van der Waals surface area contributed by atoms with Crippen molar-refractivity contribution in [3.63, 3.8) is 0 Å². The predicted molar refractivity (Wildman–Crippen MR) is 58.5 cm³/mol. The molecule has 96 valence electrons. The van der Waals surface area contributed by atoms with Crippen molar-refractivity contribution in [2.75, 3.05) is 19.8 Å². The molecule has 1 rings (SSSR count). The molecule has 0 fully saturated rings. The van der Waals surface area contributed by atoms with Gasteiger partial charge < -0.3 is 19.6 Å². The number of Topliss-reactive ketones (excluding diaryl/α,β-unsaturated/α-hetero) is 1. The lowest BCUT2D eigenvalue weighted by molar-refractivity contribution is -0.148. The summed E-state index contributed by atoms with van der Waals surface area (Å²) in [7, 11) is 0. The molecule has 1 aliphatic heterocycles. The van der Waals surface area contributed by atoms with E-state index in [-0.39, 0.29) is 18.1 Å². The molecule has 1 heterocycles. The zero-order valence-corrected chi connectivity index (χ0v) is 9.76. The fourth-order valence-electron chi connectivity index (χ4n) is 1.18. The number of ketones is 1. The first-order valence-electron chi connectivity index (χ1n) is 5.15. The maximum atomic E-state index is 11.5. The molecule has 1 N–H and O–H groups in total. The Balaban J connectivity index is 2.48. The van der Waals surface area contributed by atoms with E-state index in [1.54, 1.807) is 6.07 Å². The molecule has 1 aliphatic rings. The van der Waals surface area contributed by atoms with Crippen LogP contribution in [0.4, 0.5) is 0 Å². The third-order valence-corrected chi connectivity index (χ3v) is 2.08. The van der Waals surface area contributed by atoms with Gasteiger partial charge in [0, 0.05) is 5.71 Å². The molecule has 0 radical (unpaired) electrons. The van der Waals surface area contributed by atoms with Crippen molar-refractivity contribution in [1.29, 1.82) is 10.7 Å². The summed E-state index contributed by atoms with van der Waals surface area (Å²) in [5, 5.41) is 15.9. The van der Waals surface area contributed by atoms with Crippen LogP contribution in [0.2, 0.25) is 0 Å². The van der Waals surface area contributed by atoms with Crippen molar-refractivity contribution in [2.24, 2.45) is 5.92 Å². The smallest absolute Gasteiger partial charge is 0.377 e. The van der Waals surface area contributed by atoms with E-state index < -0.39 is 24.3 Å². The lowest BCUT2D eigenvalue weighted by Gasteiger charge is -2.14. The Bertz CT molecular complexity index is 435. The number of rotatable bonds is 5. The van der Waals surface area contributed by atoms with E-state index in [9.17, 15) is 9.59 Å². The van der Waals surface area contributed by atoms with Gasteiger partial charge in [-0.2, -0.15) is 5.26 Å². The van der Waals surface area contributed by atoms with Crippen LogP contribution in [0.15, 0.2) is 12.0 Å². The third kappa shape index (κ3) is 3.59. The highest BCUT2D eigenvalue weighted by molar-refractivity contribution is 6.06. The summed E-state index contributed by atoms with van der Waals surface area (Å²) in [5.74, 6) is -2.78. The second-order valence-electron chi connectivity index (χ2n) is 3.49. The van der Waals surface area contributed by atoms with Crippen molar-refractivity contribution in [1.82, 2.24) is 0 Å². The number of nitriles is 1. The molecule has 18 heavy (non-hydrogen) atoms. The van der Waals surface area contributed by atoms with Crippen LogP contribution in [-0.2, 0) is 23.8 Å². The number of hydrogen-bond donors (Lipinski definition) is 1. The van der Waals surface area contributed by atoms with Gasteiger partial charge in [-0.3, -0.25) is 4.79 Å². The van der Waals surface area contributed by atoms with Crippen molar-refractivity contribution >= 4 is 17.5 Å². The van der Waals surface area contributed by atoms with Gasteiger partial charge in [-0.1, -0.05) is 0 Å². The first kappa shape index (κ1) is 13.7. The molecular formula is C11H12N2O5. The second kappa shape index (κ2) is 6.39. The Kier molecular flexibility index (Phi) is 4.87. The number of ether oxygens (including phenoxy) is 3. The monoisotopic (exact) mass is 252 g/mol. The van der Waals surface area contributed by atoms with E-state index in [4.69, 9.17) is 20.1 Å².